The van der Waals surface area contributed by atoms with E-state index < -0.39 is 16.1 Å². The zero-order chi connectivity index (χ0) is 19.7. The van der Waals surface area contributed by atoms with E-state index in [0.29, 0.717) is 36.7 Å². The fraction of sp³-hybridized carbons (Fsp3) is 0.353. The van der Waals surface area contributed by atoms with Gasteiger partial charge in [0.15, 0.2) is 5.65 Å². The van der Waals surface area contributed by atoms with Gasteiger partial charge in [-0.2, -0.15) is 4.31 Å². The van der Waals surface area contributed by atoms with Crippen LogP contribution in [-0.4, -0.2) is 52.4 Å². The van der Waals surface area contributed by atoms with Crippen LogP contribution in [0, 0.1) is 0 Å². The van der Waals surface area contributed by atoms with Gasteiger partial charge in [-0.25, -0.2) is 8.42 Å². The SMILES string of the molecule is O=C(NCCc1nnc2ccccn12)C1CCCN1S(=O)(=O)c1ccc(Cl)s1. The Labute approximate surface area is 171 Å². The highest BCUT2D eigenvalue weighted by Gasteiger charge is 2.39. The third-order valence-corrected chi connectivity index (χ3v) is 8.26. The number of hydrogen-bond donors (Lipinski definition) is 1. The van der Waals surface area contributed by atoms with Crippen LogP contribution in [-0.2, 0) is 21.2 Å². The maximum atomic E-state index is 12.8. The van der Waals surface area contributed by atoms with Crippen molar-refractivity contribution in [2.45, 2.75) is 29.5 Å². The highest BCUT2D eigenvalue weighted by atomic mass is 35.5. The number of halogens is 1. The van der Waals surface area contributed by atoms with Gasteiger partial charge in [0.1, 0.15) is 16.1 Å². The molecular weight excluding hydrogens is 422 g/mol. The maximum absolute atomic E-state index is 12.8. The van der Waals surface area contributed by atoms with E-state index in [1.165, 1.54) is 10.4 Å². The summed E-state index contributed by atoms with van der Waals surface area (Å²) in [6.45, 7) is 0.675. The Bertz CT molecular complexity index is 1110. The number of carbonyl (C=O) groups is 1. The average Bonchev–Trinajstić information content (AvgIpc) is 3.41. The van der Waals surface area contributed by atoms with Crippen molar-refractivity contribution in [2.75, 3.05) is 13.1 Å². The first-order valence-corrected chi connectivity index (χ1v) is 11.4. The maximum Gasteiger partial charge on any atom is 0.253 e. The summed E-state index contributed by atoms with van der Waals surface area (Å²) >= 11 is 6.87. The van der Waals surface area contributed by atoms with Crippen molar-refractivity contribution >= 4 is 44.5 Å². The predicted molar refractivity (Wildman–Crippen MR) is 106 cm³/mol. The Kier molecular flexibility index (Phi) is 5.37. The second kappa shape index (κ2) is 7.78. The summed E-state index contributed by atoms with van der Waals surface area (Å²) < 4.78 is 29.4. The minimum atomic E-state index is -3.73. The van der Waals surface area contributed by atoms with Crippen LogP contribution in [0.5, 0.6) is 0 Å². The van der Waals surface area contributed by atoms with Crippen LogP contribution < -0.4 is 5.32 Å². The number of rotatable bonds is 6. The van der Waals surface area contributed by atoms with Crippen molar-refractivity contribution in [2.24, 2.45) is 0 Å². The quantitative estimate of drug-likeness (QED) is 0.633. The van der Waals surface area contributed by atoms with Gasteiger partial charge >= 0.3 is 0 Å². The standard InChI is InChI=1S/C17H18ClN5O3S2/c18-13-6-7-16(27-13)28(25,26)23-11-3-4-12(23)17(24)19-9-8-15-21-20-14-5-1-2-10-22(14)15/h1-2,5-7,10,12H,3-4,8-9,11H2,(H,19,24). The van der Waals surface area contributed by atoms with Crippen molar-refractivity contribution < 1.29 is 13.2 Å². The minimum Gasteiger partial charge on any atom is -0.354 e. The molecule has 0 spiro atoms. The summed E-state index contributed by atoms with van der Waals surface area (Å²) in [7, 11) is -3.73. The Morgan fingerprint density at radius 2 is 2.14 bits per heavy atom. The summed E-state index contributed by atoms with van der Waals surface area (Å²) in [6.07, 6.45) is 3.50. The van der Waals surface area contributed by atoms with Crippen molar-refractivity contribution in [3.8, 4) is 0 Å². The number of fused-ring (bicyclic) bond motifs is 1. The molecule has 1 aliphatic rings. The van der Waals surface area contributed by atoms with Crippen LogP contribution >= 0.6 is 22.9 Å². The molecule has 3 aromatic heterocycles. The molecule has 4 heterocycles. The van der Waals surface area contributed by atoms with Gasteiger partial charge in [0.05, 0.1) is 4.34 Å². The lowest BCUT2D eigenvalue weighted by Crippen LogP contribution is -2.46. The van der Waals surface area contributed by atoms with Gasteiger partial charge in [-0.1, -0.05) is 17.7 Å². The molecule has 0 saturated carbocycles. The van der Waals surface area contributed by atoms with Crippen LogP contribution in [0.15, 0.2) is 40.7 Å². The largest absolute Gasteiger partial charge is 0.354 e. The number of nitrogens with zero attached hydrogens (tertiary/aromatic N) is 4. The molecule has 28 heavy (non-hydrogen) atoms. The lowest BCUT2D eigenvalue weighted by atomic mass is 10.2. The van der Waals surface area contributed by atoms with Gasteiger partial charge in [0.25, 0.3) is 10.0 Å². The number of thiophene rings is 1. The fourth-order valence-electron chi connectivity index (χ4n) is 3.32. The van der Waals surface area contributed by atoms with Gasteiger partial charge < -0.3 is 5.32 Å². The highest BCUT2D eigenvalue weighted by molar-refractivity contribution is 7.91. The Morgan fingerprint density at radius 1 is 1.29 bits per heavy atom. The van der Waals surface area contributed by atoms with E-state index in [1.54, 1.807) is 6.07 Å². The number of pyridine rings is 1. The van der Waals surface area contributed by atoms with Gasteiger partial charge in [-0.3, -0.25) is 9.20 Å². The molecular formula is C17H18ClN5O3S2. The minimum absolute atomic E-state index is 0.159. The number of aromatic nitrogens is 3. The molecule has 0 bridgehead atoms. The average molecular weight is 440 g/mol. The third kappa shape index (κ3) is 3.64. The molecule has 0 aliphatic carbocycles. The zero-order valence-corrected chi connectivity index (χ0v) is 17.2. The van der Waals surface area contributed by atoms with E-state index in [4.69, 9.17) is 11.6 Å². The normalized spacial score (nSPS) is 18.0. The monoisotopic (exact) mass is 439 g/mol. The Morgan fingerprint density at radius 3 is 2.93 bits per heavy atom. The molecule has 8 nitrogen and oxygen atoms in total. The summed E-state index contributed by atoms with van der Waals surface area (Å²) in [4.78, 5) is 12.6. The van der Waals surface area contributed by atoms with Crippen LogP contribution in [0.1, 0.15) is 18.7 Å². The zero-order valence-electron chi connectivity index (χ0n) is 14.8. The van der Waals surface area contributed by atoms with Crippen molar-refractivity contribution in [1.29, 1.82) is 0 Å². The number of carbonyl (C=O) groups excluding carboxylic acids is 1. The summed E-state index contributed by atoms with van der Waals surface area (Å²) in [5.41, 5.74) is 0.742. The van der Waals surface area contributed by atoms with Gasteiger partial charge in [0.2, 0.25) is 5.91 Å². The van der Waals surface area contributed by atoms with Crippen molar-refractivity contribution in [3.63, 3.8) is 0 Å². The van der Waals surface area contributed by atoms with Crippen LogP contribution in [0.4, 0.5) is 0 Å². The molecule has 4 rings (SSSR count). The molecule has 0 aromatic carbocycles. The van der Waals surface area contributed by atoms with E-state index in [-0.39, 0.29) is 10.1 Å². The van der Waals surface area contributed by atoms with Gasteiger partial charge in [-0.05, 0) is 37.1 Å². The molecule has 1 N–H and O–H groups in total. The second-order valence-electron chi connectivity index (χ2n) is 6.42. The highest BCUT2D eigenvalue weighted by Crippen LogP contribution is 2.32. The summed E-state index contributed by atoms with van der Waals surface area (Å²) in [6, 6.07) is 7.94. The van der Waals surface area contributed by atoms with Gasteiger partial charge in [0, 0.05) is 25.7 Å². The molecule has 1 atom stereocenters. The molecule has 1 aliphatic heterocycles. The van der Waals surface area contributed by atoms with Crippen LogP contribution in [0.2, 0.25) is 4.34 Å². The number of amides is 1. The molecule has 1 unspecified atom stereocenters. The third-order valence-electron chi connectivity index (χ3n) is 4.65. The lowest BCUT2D eigenvalue weighted by Gasteiger charge is -2.22. The van der Waals surface area contributed by atoms with E-state index >= 15 is 0 Å². The first kappa shape index (κ1) is 19.3. The van der Waals surface area contributed by atoms with E-state index in [2.05, 4.69) is 15.5 Å². The Balaban J connectivity index is 1.41. The number of hydrogen-bond acceptors (Lipinski definition) is 6. The number of sulfonamides is 1. The lowest BCUT2D eigenvalue weighted by molar-refractivity contribution is -0.124. The van der Waals surface area contributed by atoms with E-state index in [0.717, 1.165) is 22.8 Å². The molecule has 0 radical (unpaired) electrons. The van der Waals surface area contributed by atoms with E-state index in [9.17, 15) is 13.2 Å². The topological polar surface area (TPSA) is 96.7 Å². The first-order chi connectivity index (χ1) is 13.5. The Hall–Kier alpha value is -2.01. The second-order valence-corrected chi connectivity index (χ2v) is 10.3. The fourth-order valence-corrected chi connectivity index (χ4v) is 6.59. The van der Waals surface area contributed by atoms with Crippen molar-refractivity contribution in [1.82, 2.24) is 24.2 Å². The van der Waals surface area contributed by atoms with E-state index in [1.807, 2.05) is 28.8 Å². The first-order valence-electron chi connectivity index (χ1n) is 8.80. The molecule has 11 heteroatoms. The summed E-state index contributed by atoms with van der Waals surface area (Å²) in [5.74, 6) is 0.442. The van der Waals surface area contributed by atoms with Gasteiger partial charge in [-0.15, -0.1) is 21.5 Å². The number of nitrogens with one attached hydrogen (secondary N) is 1. The molecule has 148 valence electrons. The summed E-state index contributed by atoms with van der Waals surface area (Å²) in [5, 5.41) is 11.0. The molecule has 3 aromatic rings. The molecule has 1 amide bonds. The van der Waals surface area contributed by atoms with Crippen LogP contribution in [0.25, 0.3) is 5.65 Å². The van der Waals surface area contributed by atoms with Crippen LogP contribution in [0.3, 0.4) is 0 Å². The molecule has 1 saturated heterocycles. The molecule has 1 fully saturated rings. The van der Waals surface area contributed by atoms with Crippen molar-refractivity contribution in [3.05, 3.63) is 46.7 Å². The smallest absolute Gasteiger partial charge is 0.253 e. The predicted octanol–water partition coefficient (Wildman–Crippen LogP) is 1.96.